The van der Waals surface area contributed by atoms with E-state index in [0.717, 1.165) is 11.1 Å². The third-order valence-electron chi connectivity index (χ3n) is 4.17. The number of aromatic nitrogens is 2. The molecule has 0 N–H and O–H groups in total. The maximum absolute atomic E-state index is 12.3. The van der Waals surface area contributed by atoms with Gasteiger partial charge in [0.2, 0.25) is 11.8 Å². The molecule has 0 amide bonds. The van der Waals surface area contributed by atoms with Crippen molar-refractivity contribution in [3.8, 4) is 28.7 Å². The zero-order valence-corrected chi connectivity index (χ0v) is 15.7. The molecule has 4 aromatic rings. The van der Waals surface area contributed by atoms with Gasteiger partial charge in [0.25, 0.3) is 0 Å². The number of benzene rings is 3. The van der Waals surface area contributed by atoms with Crippen molar-refractivity contribution in [2.75, 3.05) is 0 Å². The summed E-state index contributed by atoms with van der Waals surface area (Å²) in [4.78, 5) is 12.3. The molecule has 0 radical (unpaired) electrons. The lowest BCUT2D eigenvalue weighted by Gasteiger charge is -2.06. The molecule has 0 spiro atoms. The number of halogens is 1. The lowest BCUT2D eigenvalue weighted by molar-refractivity contribution is 0.0735. The van der Waals surface area contributed by atoms with Crippen molar-refractivity contribution < 1.29 is 13.9 Å². The van der Waals surface area contributed by atoms with Gasteiger partial charge in [0.05, 0.1) is 5.56 Å². The Morgan fingerprint density at radius 1 is 0.893 bits per heavy atom. The van der Waals surface area contributed by atoms with Gasteiger partial charge in [-0.3, -0.25) is 0 Å². The summed E-state index contributed by atoms with van der Waals surface area (Å²) in [5, 5.41) is 8.69. The molecule has 4 rings (SSSR count). The Balaban J connectivity index is 1.50. The molecule has 28 heavy (non-hydrogen) atoms. The monoisotopic (exact) mass is 390 g/mol. The molecule has 0 unspecified atom stereocenters. The first-order valence-corrected chi connectivity index (χ1v) is 8.95. The van der Waals surface area contributed by atoms with Crippen LogP contribution in [0, 0.1) is 6.92 Å². The van der Waals surface area contributed by atoms with Gasteiger partial charge in [-0.2, -0.15) is 0 Å². The second-order valence-corrected chi connectivity index (χ2v) is 6.56. The summed E-state index contributed by atoms with van der Waals surface area (Å²) in [7, 11) is 0. The zero-order chi connectivity index (χ0) is 19.5. The van der Waals surface area contributed by atoms with Crippen LogP contribution < -0.4 is 4.74 Å². The third-order valence-corrected chi connectivity index (χ3v) is 4.57. The van der Waals surface area contributed by atoms with Crippen molar-refractivity contribution in [3.63, 3.8) is 0 Å². The van der Waals surface area contributed by atoms with Gasteiger partial charge in [0.1, 0.15) is 5.75 Å². The van der Waals surface area contributed by atoms with Crippen LogP contribution in [0.25, 0.3) is 22.9 Å². The molecule has 3 aromatic carbocycles. The van der Waals surface area contributed by atoms with E-state index < -0.39 is 5.97 Å². The molecule has 6 heteroatoms. The first-order chi connectivity index (χ1) is 13.6. The third kappa shape index (κ3) is 3.80. The highest BCUT2D eigenvalue weighted by atomic mass is 35.5. The highest BCUT2D eigenvalue weighted by Gasteiger charge is 2.13. The van der Waals surface area contributed by atoms with Crippen molar-refractivity contribution in [2.24, 2.45) is 0 Å². The van der Waals surface area contributed by atoms with Gasteiger partial charge in [-0.1, -0.05) is 35.9 Å². The van der Waals surface area contributed by atoms with Crippen LogP contribution >= 0.6 is 11.6 Å². The van der Waals surface area contributed by atoms with Crippen LogP contribution in [0.5, 0.6) is 5.75 Å². The molecule has 0 aliphatic rings. The first-order valence-electron chi connectivity index (χ1n) is 8.58. The lowest BCUT2D eigenvalue weighted by atomic mass is 10.1. The van der Waals surface area contributed by atoms with Crippen molar-refractivity contribution in [1.82, 2.24) is 10.2 Å². The van der Waals surface area contributed by atoms with Crippen LogP contribution in [-0.4, -0.2) is 16.2 Å². The lowest BCUT2D eigenvalue weighted by Crippen LogP contribution is -2.08. The molecule has 0 aliphatic carbocycles. The number of hydrogen-bond donors (Lipinski definition) is 0. The van der Waals surface area contributed by atoms with E-state index in [0.29, 0.717) is 33.7 Å². The Labute approximate surface area is 166 Å². The summed E-state index contributed by atoms with van der Waals surface area (Å²) in [6.07, 6.45) is 0. The molecule has 1 aromatic heterocycles. The van der Waals surface area contributed by atoms with E-state index >= 15 is 0 Å². The van der Waals surface area contributed by atoms with Gasteiger partial charge in [-0.15, -0.1) is 10.2 Å². The second kappa shape index (κ2) is 7.66. The van der Waals surface area contributed by atoms with Gasteiger partial charge in [-0.05, 0) is 61.0 Å². The molecule has 1 heterocycles. The molecular weight excluding hydrogens is 376 g/mol. The molecule has 0 saturated carbocycles. The maximum atomic E-state index is 12.3. The summed E-state index contributed by atoms with van der Waals surface area (Å²) in [5.41, 5.74) is 2.88. The standard InChI is InChI=1S/C22H15ClN2O3/c1-14-7-12-18(13-19(14)23)27-22(26)17-10-8-16(9-11-17)21-25-24-20(28-21)15-5-3-2-4-6-15/h2-13H,1H3. The SMILES string of the molecule is Cc1ccc(OC(=O)c2ccc(-c3nnc(-c4ccccc4)o3)cc2)cc1Cl. The minimum Gasteiger partial charge on any atom is -0.423 e. The minimum atomic E-state index is -0.470. The quantitative estimate of drug-likeness (QED) is 0.336. The Kier molecular flexibility index (Phi) is 4.91. The van der Waals surface area contributed by atoms with Crippen LogP contribution in [0.3, 0.4) is 0 Å². The topological polar surface area (TPSA) is 65.2 Å². The van der Waals surface area contributed by atoms with Crippen LogP contribution in [0.1, 0.15) is 15.9 Å². The summed E-state index contributed by atoms with van der Waals surface area (Å²) in [5.74, 6) is 0.746. The van der Waals surface area contributed by atoms with Crippen molar-refractivity contribution in [1.29, 1.82) is 0 Å². The highest BCUT2D eigenvalue weighted by Crippen LogP contribution is 2.25. The van der Waals surface area contributed by atoms with Crippen molar-refractivity contribution in [3.05, 3.63) is 88.9 Å². The molecule has 0 saturated heterocycles. The Morgan fingerprint density at radius 2 is 1.54 bits per heavy atom. The van der Waals surface area contributed by atoms with Gasteiger partial charge in [0.15, 0.2) is 0 Å². The fourth-order valence-electron chi connectivity index (χ4n) is 2.59. The fraction of sp³-hybridized carbons (Fsp3) is 0.0455. The Bertz CT molecular complexity index is 1120. The van der Waals surface area contributed by atoms with E-state index in [4.69, 9.17) is 20.8 Å². The van der Waals surface area contributed by atoms with E-state index in [1.165, 1.54) is 0 Å². The average Bonchev–Trinajstić information content (AvgIpc) is 3.22. The molecule has 5 nitrogen and oxygen atoms in total. The van der Waals surface area contributed by atoms with Gasteiger partial charge < -0.3 is 9.15 Å². The number of ether oxygens (including phenoxy) is 1. The summed E-state index contributed by atoms with van der Waals surface area (Å²) < 4.78 is 11.1. The summed E-state index contributed by atoms with van der Waals surface area (Å²) >= 11 is 6.06. The van der Waals surface area contributed by atoms with E-state index in [9.17, 15) is 4.79 Å². The molecule has 0 aliphatic heterocycles. The maximum Gasteiger partial charge on any atom is 0.343 e. The minimum absolute atomic E-state index is 0.379. The highest BCUT2D eigenvalue weighted by molar-refractivity contribution is 6.31. The molecule has 138 valence electrons. The van der Waals surface area contributed by atoms with Crippen LogP contribution in [0.15, 0.2) is 77.2 Å². The molecular formula is C22H15ClN2O3. The first kappa shape index (κ1) is 17.9. The summed E-state index contributed by atoms with van der Waals surface area (Å²) in [6, 6.07) is 21.4. The Hall–Kier alpha value is -3.44. The number of rotatable bonds is 4. The van der Waals surface area contributed by atoms with Crippen molar-refractivity contribution in [2.45, 2.75) is 6.92 Å². The van der Waals surface area contributed by atoms with Crippen LogP contribution in [0.4, 0.5) is 0 Å². The largest absolute Gasteiger partial charge is 0.423 e. The van der Waals surface area contributed by atoms with Crippen LogP contribution in [0.2, 0.25) is 5.02 Å². The molecule has 0 bridgehead atoms. The van der Waals surface area contributed by atoms with E-state index in [-0.39, 0.29) is 0 Å². The van der Waals surface area contributed by atoms with E-state index in [1.807, 2.05) is 37.3 Å². The van der Waals surface area contributed by atoms with Gasteiger partial charge >= 0.3 is 5.97 Å². The van der Waals surface area contributed by atoms with Gasteiger partial charge in [0, 0.05) is 16.1 Å². The second-order valence-electron chi connectivity index (χ2n) is 6.16. The predicted molar refractivity (Wildman–Crippen MR) is 106 cm³/mol. The number of nitrogens with zero attached hydrogens (tertiary/aromatic N) is 2. The molecule has 0 atom stereocenters. The van der Waals surface area contributed by atoms with Gasteiger partial charge in [-0.25, -0.2) is 4.79 Å². The number of aryl methyl sites for hydroxylation is 1. The number of carbonyl (C=O) groups is 1. The van der Waals surface area contributed by atoms with Crippen molar-refractivity contribution >= 4 is 17.6 Å². The number of hydrogen-bond acceptors (Lipinski definition) is 5. The smallest absolute Gasteiger partial charge is 0.343 e. The molecule has 0 fully saturated rings. The van der Waals surface area contributed by atoms with E-state index in [1.54, 1.807) is 42.5 Å². The van der Waals surface area contributed by atoms with E-state index in [2.05, 4.69) is 10.2 Å². The Morgan fingerprint density at radius 3 is 2.18 bits per heavy atom. The zero-order valence-electron chi connectivity index (χ0n) is 14.9. The van der Waals surface area contributed by atoms with Crippen LogP contribution in [-0.2, 0) is 0 Å². The predicted octanol–water partition coefficient (Wildman–Crippen LogP) is 5.58. The normalized spacial score (nSPS) is 10.6. The number of carbonyl (C=O) groups excluding carboxylic acids is 1. The summed E-state index contributed by atoms with van der Waals surface area (Å²) in [6.45, 7) is 1.88. The number of esters is 1. The fourth-order valence-corrected chi connectivity index (χ4v) is 2.76. The average molecular weight is 391 g/mol.